The molecule has 3 aromatic rings. The highest BCUT2D eigenvalue weighted by molar-refractivity contribution is 5.60. The number of aromatic nitrogens is 5. The van der Waals surface area contributed by atoms with Crippen molar-refractivity contribution in [3.05, 3.63) is 30.2 Å². The van der Waals surface area contributed by atoms with Gasteiger partial charge in [0.1, 0.15) is 5.82 Å². The summed E-state index contributed by atoms with van der Waals surface area (Å²) in [6, 6.07) is 4.26. The van der Waals surface area contributed by atoms with Gasteiger partial charge in [0.05, 0.1) is 11.9 Å². The van der Waals surface area contributed by atoms with Gasteiger partial charge >= 0.3 is 0 Å². The van der Waals surface area contributed by atoms with Crippen LogP contribution in [0.15, 0.2) is 28.9 Å². The number of nitrogens with two attached hydrogens (primary N) is 1. The van der Waals surface area contributed by atoms with Crippen molar-refractivity contribution in [3.8, 4) is 23.0 Å². The van der Waals surface area contributed by atoms with Gasteiger partial charge < -0.3 is 10.3 Å². The monoisotopic (exact) mass is 246 g/mol. The zero-order valence-electron chi connectivity index (χ0n) is 8.96. The van der Waals surface area contributed by atoms with Gasteiger partial charge in [0, 0.05) is 5.56 Å². The second kappa shape index (κ2) is 3.91. The van der Waals surface area contributed by atoms with Gasteiger partial charge in [-0.1, -0.05) is 5.16 Å². The molecule has 2 heterocycles. The van der Waals surface area contributed by atoms with E-state index in [1.807, 2.05) is 0 Å². The summed E-state index contributed by atoms with van der Waals surface area (Å²) < 4.78 is 18.3. The van der Waals surface area contributed by atoms with E-state index in [9.17, 15) is 4.39 Å². The Morgan fingerprint density at radius 1 is 1.33 bits per heavy atom. The first-order chi connectivity index (χ1) is 8.74. The number of hydrogen-bond acceptors (Lipinski definition) is 6. The summed E-state index contributed by atoms with van der Waals surface area (Å²) in [5, 5.41) is 13.6. The number of aromatic amines is 1. The standard InChI is InChI=1S/C10H7FN6O/c11-6-3-5(1-2-7(6)12)10-14-9(16-18-10)8-4-13-17-15-8/h1-4H,12H2,(H,13,15,17). The lowest BCUT2D eigenvalue weighted by Gasteiger charge is -1.97. The van der Waals surface area contributed by atoms with E-state index in [2.05, 4.69) is 25.6 Å². The largest absolute Gasteiger partial charge is 0.396 e. The van der Waals surface area contributed by atoms with E-state index in [1.165, 1.54) is 18.3 Å². The average molecular weight is 246 g/mol. The summed E-state index contributed by atoms with van der Waals surface area (Å²) in [5.74, 6) is -0.0726. The van der Waals surface area contributed by atoms with E-state index in [4.69, 9.17) is 10.3 Å². The SMILES string of the molecule is Nc1ccc(-c2nc(-c3cn[nH]n3)no2)cc1F. The predicted molar refractivity (Wildman–Crippen MR) is 59.5 cm³/mol. The molecule has 8 heteroatoms. The van der Waals surface area contributed by atoms with Crippen LogP contribution in [0.5, 0.6) is 0 Å². The Labute approximate surface area is 99.8 Å². The highest BCUT2D eigenvalue weighted by atomic mass is 19.1. The Morgan fingerprint density at radius 2 is 2.22 bits per heavy atom. The van der Waals surface area contributed by atoms with Gasteiger partial charge in [0.25, 0.3) is 5.89 Å². The van der Waals surface area contributed by atoms with Gasteiger partial charge in [0.15, 0.2) is 5.69 Å². The van der Waals surface area contributed by atoms with Crippen molar-refractivity contribution in [2.24, 2.45) is 0 Å². The molecule has 90 valence electrons. The summed E-state index contributed by atoms with van der Waals surface area (Å²) in [7, 11) is 0. The van der Waals surface area contributed by atoms with E-state index >= 15 is 0 Å². The number of halogens is 1. The number of H-pyrrole nitrogens is 1. The molecule has 0 saturated heterocycles. The maximum atomic E-state index is 13.3. The van der Waals surface area contributed by atoms with Crippen LogP contribution in [0.2, 0.25) is 0 Å². The highest BCUT2D eigenvalue weighted by Gasteiger charge is 2.13. The van der Waals surface area contributed by atoms with Crippen LogP contribution < -0.4 is 5.73 Å². The number of hydrogen-bond donors (Lipinski definition) is 2. The van der Waals surface area contributed by atoms with E-state index < -0.39 is 5.82 Å². The van der Waals surface area contributed by atoms with Gasteiger partial charge in [-0.3, -0.25) is 0 Å². The lowest BCUT2D eigenvalue weighted by Crippen LogP contribution is -1.90. The molecule has 0 aliphatic heterocycles. The molecule has 3 N–H and O–H groups in total. The Balaban J connectivity index is 2.00. The summed E-state index contributed by atoms with van der Waals surface area (Å²) >= 11 is 0. The fourth-order valence-electron chi connectivity index (χ4n) is 1.41. The molecule has 7 nitrogen and oxygen atoms in total. The second-order valence-corrected chi connectivity index (χ2v) is 3.51. The number of anilines is 1. The van der Waals surface area contributed by atoms with Gasteiger partial charge in [-0.05, 0) is 18.2 Å². The zero-order valence-corrected chi connectivity index (χ0v) is 8.96. The molecule has 1 aromatic carbocycles. The maximum absolute atomic E-state index is 13.3. The molecule has 0 bridgehead atoms. The van der Waals surface area contributed by atoms with Crippen molar-refractivity contribution in [3.63, 3.8) is 0 Å². The Bertz CT molecular complexity index is 678. The van der Waals surface area contributed by atoms with Crippen LogP contribution in [0.1, 0.15) is 0 Å². The molecule has 0 fully saturated rings. The topological polar surface area (TPSA) is 107 Å². The maximum Gasteiger partial charge on any atom is 0.258 e. The van der Waals surface area contributed by atoms with Crippen molar-refractivity contribution >= 4 is 5.69 Å². The first-order valence-corrected chi connectivity index (χ1v) is 4.99. The summed E-state index contributed by atoms with van der Waals surface area (Å²) in [5.41, 5.74) is 6.34. The van der Waals surface area contributed by atoms with E-state index in [1.54, 1.807) is 6.07 Å². The molecule has 0 spiro atoms. The molecule has 0 aliphatic rings. The fourth-order valence-corrected chi connectivity index (χ4v) is 1.41. The average Bonchev–Trinajstić information content (AvgIpc) is 3.01. The summed E-state index contributed by atoms with van der Waals surface area (Å²) in [6.07, 6.45) is 1.46. The number of nitrogens with one attached hydrogen (secondary N) is 1. The predicted octanol–water partition coefficient (Wildman–Crippen LogP) is 1.24. The van der Waals surface area contributed by atoms with Crippen molar-refractivity contribution in [2.45, 2.75) is 0 Å². The minimum atomic E-state index is -0.534. The molecule has 0 amide bonds. The smallest absolute Gasteiger partial charge is 0.258 e. The highest BCUT2D eigenvalue weighted by Crippen LogP contribution is 2.23. The van der Waals surface area contributed by atoms with Gasteiger partial charge in [-0.25, -0.2) is 4.39 Å². The normalized spacial score (nSPS) is 10.7. The van der Waals surface area contributed by atoms with Crippen LogP contribution in [-0.2, 0) is 0 Å². The summed E-state index contributed by atoms with van der Waals surface area (Å²) in [6.45, 7) is 0. The molecule has 0 aliphatic carbocycles. The van der Waals surface area contributed by atoms with Crippen molar-refractivity contribution in [1.29, 1.82) is 0 Å². The van der Waals surface area contributed by atoms with Crippen LogP contribution in [0.4, 0.5) is 10.1 Å². The molecule has 2 aromatic heterocycles. The van der Waals surface area contributed by atoms with Crippen molar-refractivity contribution in [1.82, 2.24) is 25.6 Å². The molecule has 18 heavy (non-hydrogen) atoms. The van der Waals surface area contributed by atoms with E-state index in [0.717, 1.165) is 0 Å². The van der Waals surface area contributed by atoms with E-state index in [-0.39, 0.29) is 17.4 Å². The molecular weight excluding hydrogens is 239 g/mol. The number of benzene rings is 1. The Hall–Kier alpha value is -2.77. The van der Waals surface area contributed by atoms with Gasteiger partial charge in [-0.2, -0.15) is 20.4 Å². The zero-order chi connectivity index (χ0) is 12.5. The third-order valence-corrected chi connectivity index (χ3v) is 2.32. The Kier molecular flexibility index (Phi) is 2.26. The molecule has 0 unspecified atom stereocenters. The van der Waals surface area contributed by atoms with Crippen LogP contribution in [-0.4, -0.2) is 25.6 Å². The number of rotatable bonds is 2. The van der Waals surface area contributed by atoms with Crippen LogP contribution in [0.3, 0.4) is 0 Å². The molecular formula is C10H7FN6O. The first kappa shape index (κ1) is 10.4. The third kappa shape index (κ3) is 1.69. The molecule has 0 saturated carbocycles. The van der Waals surface area contributed by atoms with Gasteiger partial charge in [-0.15, -0.1) is 0 Å². The van der Waals surface area contributed by atoms with Crippen LogP contribution in [0.25, 0.3) is 23.0 Å². The fraction of sp³-hybridized carbons (Fsp3) is 0. The third-order valence-electron chi connectivity index (χ3n) is 2.32. The lowest BCUT2D eigenvalue weighted by molar-refractivity contribution is 0.432. The Morgan fingerprint density at radius 3 is 2.94 bits per heavy atom. The minimum absolute atomic E-state index is 0.0648. The van der Waals surface area contributed by atoms with Crippen LogP contribution in [0, 0.1) is 5.82 Å². The van der Waals surface area contributed by atoms with Crippen LogP contribution >= 0.6 is 0 Å². The van der Waals surface area contributed by atoms with Crippen molar-refractivity contribution in [2.75, 3.05) is 5.73 Å². The quantitative estimate of drug-likeness (QED) is 0.659. The molecule has 0 radical (unpaired) electrons. The van der Waals surface area contributed by atoms with Gasteiger partial charge in [0.2, 0.25) is 5.82 Å². The van der Waals surface area contributed by atoms with E-state index in [0.29, 0.717) is 11.3 Å². The lowest BCUT2D eigenvalue weighted by atomic mass is 10.2. The molecule has 3 rings (SSSR count). The number of nitrogens with zero attached hydrogens (tertiary/aromatic N) is 4. The number of nitrogen functional groups attached to an aromatic ring is 1. The molecule has 0 atom stereocenters. The first-order valence-electron chi connectivity index (χ1n) is 4.99. The minimum Gasteiger partial charge on any atom is -0.396 e. The van der Waals surface area contributed by atoms with Crippen molar-refractivity contribution < 1.29 is 8.91 Å². The summed E-state index contributed by atoms with van der Waals surface area (Å²) in [4.78, 5) is 4.09. The second-order valence-electron chi connectivity index (χ2n) is 3.51.